The highest BCUT2D eigenvalue weighted by molar-refractivity contribution is 7.17. The van der Waals surface area contributed by atoms with E-state index >= 15 is 0 Å². The van der Waals surface area contributed by atoms with Gasteiger partial charge in [-0.3, -0.25) is 14.5 Å². The summed E-state index contributed by atoms with van der Waals surface area (Å²) in [6, 6.07) is 17.6. The molecule has 210 valence electrons. The van der Waals surface area contributed by atoms with Crippen LogP contribution in [0.5, 0.6) is 0 Å². The number of fused-ring (bicyclic) bond motifs is 3. The molecule has 1 atom stereocenters. The molecule has 0 fully saturated rings. The Hall–Kier alpha value is -3.04. The molecule has 0 aliphatic carbocycles. The Balaban J connectivity index is 1.53. The fraction of sp³-hybridized carbons (Fsp3) is 0.387. The molecule has 2 aromatic carbocycles. The van der Waals surface area contributed by atoms with Gasteiger partial charge in [-0.25, -0.2) is 4.99 Å². The zero-order chi connectivity index (χ0) is 27.9. The summed E-state index contributed by atoms with van der Waals surface area (Å²) in [5.41, 5.74) is 10.2. The standard InChI is InChI=1S/C31H35ClN4O3S/c32-24-13-8-7-12-22(24)28-27-23-15-18-34-20-25(23)40-31(27)36(19-16-21-10-4-3-5-11-21)30(38)29(35-28)39-26(37)14-6-1-2-9-17-33/h3-5,7-8,10-13,29,34H,1-2,6,9,14-20,33H2. The van der Waals surface area contributed by atoms with Gasteiger partial charge in [0.1, 0.15) is 5.00 Å². The minimum absolute atomic E-state index is 0.234. The van der Waals surface area contributed by atoms with Crippen LogP contribution in [0.3, 0.4) is 0 Å². The van der Waals surface area contributed by atoms with Crippen LogP contribution in [0.4, 0.5) is 5.00 Å². The van der Waals surface area contributed by atoms with E-state index in [4.69, 9.17) is 27.1 Å². The number of carbonyl (C=O) groups is 2. The molecule has 0 saturated carbocycles. The number of benzene rings is 2. The van der Waals surface area contributed by atoms with E-state index in [1.54, 1.807) is 16.2 Å². The number of ether oxygens (including phenoxy) is 1. The molecule has 1 unspecified atom stereocenters. The number of nitrogens with zero attached hydrogens (tertiary/aromatic N) is 2. The first-order valence-corrected chi connectivity index (χ1v) is 15.2. The average Bonchev–Trinajstić information content (AvgIpc) is 3.30. The van der Waals surface area contributed by atoms with Crippen LogP contribution in [0.2, 0.25) is 5.02 Å². The van der Waals surface area contributed by atoms with E-state index in [0.717, 1.165) is 60.5 Å². The van der Waals surface area contributed by atoms with Crippen LogP contribution in [0.1, 0.15) is 59.2 Å². The minimum atomic E-state index is -1.28. The number of hydrogen-bond donors (Lipinski definition) is 2. The predicted octanol–water partition coefficient (Wildman–Crippen LogP) is 5.25. The highest BCUT2D eigenvalue weighted by Gasteiger charge is 2.38. The van der Waals surface area contributed by atoms with Crippen LogP contribution in [0.25, 0.3) is 0 Å². The smallest absolute Gasteiger partial charge is 0.308 e. The molecule has 3 heterocycles. The Labute approximate surface area is 244 Å². The summed E-state index contributed by atoms with van der Waals surface area (Å²) in [4.78, 5) is 34.9. The van der Waals surface area contributed by atoms with Gasteiger partial charge in [0.15, 0.2) is 0 Å². The van der Waals surface area contributed by atoms with E-state index < -0.39 is 12.2 Å². The summed E-state index contributed by atoms with van der Waals surface area (Å²) >= 11 is 8.31. The Morgan fingerprint density at radius 1 is 1.10 bits per heavy atom. The highest BCUT2D eigenvalue weighted by atomic mass is 35.5. The first-order valence-electron chi connectivity index (χ1n) is 14.0. The zero-order valence-electron chi connectivity index (χ0n) is 22.5. The summed E-state index contributed by atoms with van der Waals surface area (Å²) in [5.74, 6) is -0.755. The lowest BCUT2D eigenvalue weighted by Gasteiger charge is -2.23. The van der Waals surface area contributed by atoms with Gasteiger partial charge in [-0.15, -0.1) is 11.3 Å². The van der Waals surface area contributed by atoms with E-state index in [0.29, 0.717) is 36.7 Å². The number of halogens is 1. The molecule has 0 radical (unpaired) electrons. The van der Waals surface area contributed by atoms with Crippen molar-refractivity contribution in [3.05, 3.63) is 86.8 Å². The molecular weight excluding hydrogens is 544 g/mol. The van der Waals surface area contributed by atoms with Gasteiger partial charge in [-0.1, -0.05) is 73.0 Å². The number of esters is 1. The second kappa shape index (κ2) is 13.5. The summed E-state index contributed by atoms with van der Waals surface area (Å²) in [6.45, 7) is 2.67. The lowest BCUT2D eigenvalue weighted by Crippen LogP contribution is -2.41. The van der Waals surface area contributed by atoms with Gasteiger partial charge < -0.3 is 15.8 Å². The number of carbonyl (C=O) groups excluding carboxylic acids is 2. The molecule has 7 nitrogen and oxygen atoms in total. The maximum Gasteiger partial charge on any atom is 0.308 e. The topological polar surface area (TPSA) is 97.0 Å². The van der Waals surface area contributed by atoms with E-state index in [1.165, 1.54) is 10.4 Å². The summed E-state index contributed by atoms with van der Waals surface area (Å²) in [7, 11) is 0. The number of anilines is 1. The van der Waals surface area contributed by atoms with Crippen molar-refractivity contribution in [1.29, 1.82) is 0 Å². The summed E-state index contributed by atoms with van der Waals surface area (Å²) in [6.07, 6.45) is 3.91. The van der Waals surface area contributed by atoms with Crippen LogP contribution < -0.4 is 16.0 Å². The van der Waals surface area contributed by atoms with Gasteiger partial charge in [0.25, 0.3) is 12.1 Å². The third-order valence-electron chi connectivity index (χ3n) is 7.29. The molecule has 2 aliphatic rings. The van der Waals surface area contributed by atoms with Gasteiger partial charge in [-0.2, -0.15) is 0 Å². The Morgan fingerprint density at radius 3 is 2.67 bits per heavy atom. The summed E-state index contributed by atoms with van der Waals surface area (Å²) < 4.78 is 5.82. The largest absolute Gasteiger partial charge is 0.430 e. The van der Waals surface area contributed by atoms with Crippen LogP contribution in [0, 0.1) is 0 Å². The van der Waals surface area contributed by atoms with Crippen molar-refractivity contribution >= 4 is 45.5 Å². The highest BCUT2D eigenvalue weighted by Crippen LogP contribution is 2.42. The van der Waals surface area contributed by atoms with E-state index in [9.17, 15) is 9.59 Å². The molecule has 0 spiro atoms. The number of rotatable bonds is 11. The fourth-order valence-electron chi connectivity index (χ4n) is 5.21. The monoisotopic (exact) mass is 578 g/mol. The van der Waals surface area contributed by atoms with Crippen LogP contribution in [-0.2, 0) is 33.7 Å². The molecule has 1 aromatic heterocycles. The van der Waals surface area contributed by atoms with Crippen molar-refractivity contribution in [2.45, 2.75) is 57.7 Å². The van der Waals surface area contributed by atoms with Crippen molar-refractivity contribution in [3.63, 3.8) is 0 Å². The first-order chi connectivity index (χ1) is 19.6. The van der Waals surface area contributed by atoms with Gasteiger partial charge in [0, 0.05) is 40.5 Å². The molecule has 1 amide bonds. The Kier molecular flexibility index (Phi) is 9.65. The molecule has 3 N–H and O–H groups in total. The van der Waals surface area contributed by atoms with Crippen molar-refractivity contribution < 1.29 is 14.3 Å². The molecular formula is C31H35ClN4O3S. The number of hydrogen-bond acceptors (Lipinski definition) is 7. The number of nitrogens with one attached hydrogen (secondary N) is 1. The number of nitrogens with two attached hydrogens (primary N) is 1. The third-order valence-corrected chi connectivity index (χ3v) is 8.87. The van der Waals surface area contributed by atoms with Gasteiger partial charge in [-0.05, 0) is 56.0 Å². The number of unbranched alkanes of at least 4 members (excludes halogenated alkanes) is 3. The lowest BCUT2D eigenvalue weighted by atomic mass is 9.95. The van der Waals surface area contributed by atoms with E-state index in [-0.39, 0.29) is 12.3 Å². The van der Waals surface area contributed by atoms with E-state index in [2.05, 4.69) is 17.4 Å². The van der Waals surface area contributed by atoms with Crippen molar-refractivity contribution in [3.8, 4) is 0 Å². The van der Waals surface area contributed by atoms with E-state index in [1.807, 2.05) is 42.5 Å². The van der Waals surface area contributed by atoms with Crippen molar-refractivity contribution in [2.75, 3.05) is 24.5 Å². The number of thiophene rings is 1. The molecule has 9 heteroatoms. The Morgan fingerprint density at radius 2 is 1.88 bits per heavy atom. The lowest BCUT2D eigenvalue weighted by molar-refractivity contribution is -0.154. The number of amides is 1. The molecule has 2 aliphatic heterocycles. The zero-order valence-corrected chi connectivity index (χ0v) is 24.1. The van der Waals surface area contributed by atoms with Crippen LogP contribution >= 0.6 is 22.9 Å². The normalized spacial score (nSPS) is 16.6. The van der Waals surface area contributed by atoms with Gasteiger partial charge in [0.2, 0.25) is 0 Å². The predicted molar refractivity (Wildman–Crippen MR) is 161 cm³/mol. The maximum atomic E-state index is 14.1. The third kappa shape index (κ3) is 6.47. The fourth-order valence-corrected chi connectivity index (χ4v) is 6.78. The Bertz CT molecular complexity index is 1370. The second-order valence-electron chi connectivity index (χ2n) is 10.1. The average molecular weight is 579 g/mol. The first kappa shape index (κ1) is 28.5. The van der Waals surface area contributed by atoms with Crippen molar-refractivity contribution in [2.24, 2.45) is 10.7 Å². The minimum Gasteiger partial charge on any atom is -0.430 e. The van der Waals surface area contributed by atoms with Gasteiger partial charge >= 0.3 is 5.97 Å². The molecule has 40 heavy (non-hydrogen) atoms. The second-order valence-corrected chi connectivity index (χ2v) is 11.6. The van der Waals surface area contributed by atoms with Crippen LogP contribution in [0.15, 0.2) is 59.6 Å². The van der Waals surface area contributed by atoms with Crippen LogP contribution in [-0.4, -0.2) is 43.5 Å². The molecule has 5 rings (SSSR count). The summed E-state index contributed by atoms with van der Waals surface area (Å²) in [5, 5.41) is 4.83. The maximum absolute atomic E-state index is 14.1. The number of aliphatic imine (C=N–C) groups is 1. The molecule has 0 saturated heterocycles. The molecule has 0 bridgehead atoms. The van der Waals surface area contributed by atoms with Gasteiger partial charge in [0.05, 0.1) is 5.71 Å². The SMILES string of the molecule is NCCCCCCC(=O)OC1N=C(c2ccccc2Cl)c2c(sc3c2CCNC3)N(CCc2ccccc2)C1=O. The quantitative estimate of drug-likeness (QED) is 0.239. The molecule has 3 aromatic rings. The van der Waals surface area contributed by atoms with Crippen molar-refractivity contribution in [1.82, 2.24) is 5.32 Å².